The lowest BCUT2D eigenvalue weighted by Gasteiger charge is -2.30. The quantitative estimate of drug-likeness (QED) is 0.760. The molecule has 0 spiro atoms. The fourth-order valence-electron chi connectivity index (χ4n) is 1.88. The van der Waals surface area contributed by atoms with E-state index in [4.69, 9.17) is 11.0 Å². The minimum Gasteiger partial charge on any atom is -0.320 e. The molecule has 1 saturated heterocycles. The van der Waals surface area contributed by atoms with Gasteiger partial charge in [-0.15, -0.1) is 0 Å². The molecule has 1 fully saturated rings. The van der Waals surface area contributed by atoms with E-state index in [-0.39, 0.29) is 11.9 Å². The van der Waals surface area contributed by atoms with E-state index in [2.05, 4.69) is 0 Å². The second-order valence-corrected chi connectivity index (χ2v) is 3.90. The van der Waals surface area contributed by atoms with Gasteiger partial charge in [0.1, 0.15) is 0 Å². The van der Waals surface area contributed by atoms with Crippen LogP contribution in [0.2, 0.25) is 0 Å². The van der Waals surface area contributed by atoms with Crippen LogP contribution in [-0.4, -0.2) is 18.5 Å². The number of nitrogens with zero attached hydrogens (tertiary/aromatic N) is 2. The summed E-state index contributed by atoms with van der Waals surface area (Å²) in [5, 5.41) is 8.68. The zero-order chi connectivity index (χ0) is 11.5. The van der Waals surface area contributed by atoms with Crippen LogP contribution in [-0.2, 0) is 4.79 Å². The second kappa shape index (κ2) is 4.33. The van der Waals surface area contributed by atoms with Crippen molar-refractivity contribution in [3.05, 3.63) is 29.8 Å². The molecule has 2 N–H and O–H groups in total. The molecule has 4 nitrogen and oxygen atoms in total. The molecule has 1 aromatic rings. The SMILES string of the molecule is N#Cc1ccc(N2CCC[C@H](N)C2=O)cc1. The molecule has 82 valence electrons. The van der Waals surface area contributed by atoms with Crippen molar-refractivity contribution in [2.24, 2.45) is 5.73 Å². The Kier molecular flexibility index (Phi) is 2.88. The van der Waals surface area contributed by atoms with Crippen molar-refractivity contribution >= 4 is 11.6 Å². The second-order valence-electron chi connectivity index (χ2n) is 3.90. The van der Waals surface area contributed by atoms with Crippen molar-refractivity contribution in [2.75, 3.05) is 11.4 Å². The summed E-state index contributed by atoms with van der Waals surface area (Å²) < 4.78 is 0. The van der Waals surface area contributed by atoms with Crippen LogP contribution in [0, 0.1) is 11.3 Å². The van der Waals surface area contributed by atoms with Gasteiger partial charge in [0.25, 0.3) is 0 Å². The molecule has 0 radical (unpaired) electrons. The van der Waals surface area contributed by atoms with Gasteiger partial charge in [-0.1, -0.05) is 0 Å². The third-order valence-electron chi connectivity index (χ3n) is 2.79. The molecular weight excluding hydrogens is 202 g/mol. The molecule has 1 aromatic carbocycles. The summed E-state index contributed by atoms with van der Waals surface area (Å²) in [5.41, 5.74) is 7.13. The number of hydrogen-bond donors (Lipinski definition) is 1. The van der Waals surface area contributed by atoms with Gasteiger partial charge in [-0.2, -0.15) is 5.26 Å². The van der Waals surface area contributed by atoms with Crippen LogP contribution < -0.4 is 10.6 Å². The molecule has 1 aliphatic rings. The van der Waals surface area contributed by atoms with Crippen LogP contribution >= 0.6 is 0 Å². The standard InChI is InChI=1S/C12H13N3O/c13-8-9-3-5-10(6-4-9)15-7-1-2-11(14)12(15)16/h3-6,11H,1-2,7,14H2/t11-/m0/s1. The minimum atomic E-state index is -0.385. The molecule has 0 aromatic heterocycles. The molecule has 0 saturated carbocycles. The first kappa shape index (κ1) is 10.7. The van der Waals surface area contributed by atoms with Crippen LogP contribution in [0.25, 0.3) is 0 Å². The first-order valence-corrected chi connectivity index (χ1v) is 5.29. The molecule has 1 heterocycles. The van der Waals surface area contributed by atoms with Crippen molar-refractivity contribution in [1.82, 2.24) is 0 Å². The van der Waals surface area contributed by atoms with Crippen LogP contribution in [0.5, 0.6) is 0 Å². The highest BCUT2D eigenvalue weighted by Gasteiger charge is 2.26. The highest BCUT2D eigenvalue weighted by molar-refractivity contribution is 5.97. The van der Waals surface area contributed by atoms with Crippen molar-refractivity contribution in [3.8, 4) is 6.07 Å². The number of anilines is 1. The molecule has 0 unspecified atom stereocenters. The molecule has 1 aliphatic heterocycles. The monoisotopic (exact) mass is 215 g/mol. The van der Waals surface area contributed by atoms with Gasteiger partial charge < -0.3 is 10.6 Å². The number of nitrogens with two attached hydrogens (primary N) is 1. The summed E-state index contributed by atoms with van der Waals surface area (Å²) in [6.07, 6.45) is 1.68. The Morgan fingerprint density at radius 1 is 1.38 bits per heavy atom. The maximum Gasteiger partial charge on any atom is 0.243 e. The van der Waals surface area contributed by atoms with E-state index in [1.54, 1.807) is 29.2 Å². The van der Waals surface area contributed by atoms with Gasteiger partial charge in [-0.25, -0.2) is 0 Å². The van der Waals surface area contributed by atoms with E-state index in [0.717, 1.165) is 18.5 Å². The third kappa shape index (κ3) is 1.90. The summed E-state index contributed by atoms with van der Waals surface area (Å²) in [6.45, 7) is 0.707. The van der Waals surface area contributed by atoms with Gasteiger partial charge in [-0.3, -0.25) is 4.79 Å². The Morgan fingerprint density at radius 3 is 2.69 bits per heavy atom. The molecule has 1 amide bonds. The highest BCUT2D eigenvalue weighted by atomic mass is 16.2. The Balaban J connectivity index is 2.23. The summed E-state index contributed by atoms with van der Waals surface area (Å²) >= 11 is 0. The van der Waals surface area contributed by atoms with E-state index in [1.165, 1.54) is 0 Å². The fraction of sp³-hybridized carbons (Fsp3) is 0.333. The van der Waals surface area contributed by atoms with Gasteiger partial charge in [0.2, 0.25) is 5.91 Å². The van der Waals surface area contributed by atoms with Crippen LogP contribution in [0.15, 0.2) is 24.3 Å². The highest BCUT2D eigenvalue weighted by Crippen LogP contribution is 2.20. The zero-order valence-corrected chi connectivity index (χ0v) is 8.89. The Hall–Kier alpha value is -1.86. The summed E-state index contributed by atoms with van der Waals surface area (Å²) in [4.78, 5) is 13.5. The first-order valence-electron chi connectivity index (χ1n) is 5.29. The van der Waals surface area contributed by atoms with Crippen LogP contribution in [0.4, 0.5) is 5.69 Å². The van der Waals surface area contributed by atoms with E-state index in [0.29, 0.717) is 12.1 Å². The third-order valence-corrected chi connectivity index (χ3v) is 2.79. The topological polar surface area (TPSA) is 70.1 Å². The number of amides is 1. The van der Waals surface area contributed by atoms with E-state index in [9.17, 15) is 4.79 Å². The number of carbonyl (C=O) groups is 1. The largest absolute Gasteiger partial charge is 0.320 e. The van der Waals surface area contributed by atoms with Crippen molar-refractivity contribution in [1.29, 1.82) is 5.26 Å². The maximum atomic E-state index is 11.8. The van der Waals surface area contributed by atoms with E-state index < -0.39 is 0 Å². The first-order chi connectivity index (χ1) is 7.72. The fourth-order valence-corrected chi connectivity index (χ4v) is 1.88. The molecule has 0 bridgehead atoms. The average molecular weight is 215 g/mol. The predicted octanol–water partition coefficient (Wildman–Crippen LogP) is 1.01. The Bertz CT molecular complexity index is 433. The molecule has 0 aliphatic carbocycles. The lowest BCUT2D eigenvalue weighted by Crippen LogP contribution is -2.48. The zero-order valence-electron chi connectivity index (χ0n) is 8.89. The van der Waals surface area contributed by atoms with Crippen molar-refractivity contribution < 1.29 is 4.79 Å². The van der Waals surface area contributed by atoms with Crippen molar-refractivity contribution in [2.45, 2.75) is 18.9 Å². The van der Waals surface area contributed by atoms with Gasteiger partial charge in [0.15, 0.2) is 0 Å². The normalized spacial score (nSPS) is 20.6. The van der Waals surface area contributed by atoms with E-state index >= 15 is 0 Å². The van der Waals surface area contributed by atoms with Gasteiger partial charge in [-0.05, 0) is 37.1 Å². The van der Waals surface area contributed by atoms with E-state index in [1.807, 2.05) is 6.07 Å². The number of benzene rings is 1. The summed E-state index contributed by atoms with van der Waals surface area (Å²) in [5.74, 6) is -0.0315. The van der Waals surface area contributed by atoms with Crippen LogP contribution in [0.1, 0.15) is 18.4 Å². The number of piperidine rings is 1. The molecule has 16 heavy (non-hydrogen) atoms. The average Bonchev–Trinajstić information content (AvgIpc) is 2.33. The Labute approximate surface area is 94.3 Å². The molecule has 4 heteroatoms. The summed E-state index contributed by atoms with van der Waals surface area (Å²) in [6, 6.07) is 8.66. The van der Waals surface area contributed by atoms with Gasteiger partial charge in [0.05, 0.1) is 17.7 Å². The van der Waals surface area contributed by atoms with Gasteiger partial charge >= 0.3 is 0 Å². The lowest BCUT2D eigenvalue weighted by molar-refractivity contribution is -0.120. The smallest absolute Gasteiger partial charge is 0.243 e. The molecular formula is C12H13N3O. The number of hydrogen-bond acceptors (Lipinski definition) is 3. The lowest BCUT2D eigenvalue weighted by atomic mass is 10.0. The van der Waals surface area contributed by atoms with Crippen molar-refractivity contribution in [3.63, 3.8) is 0 Å². The number of nitriles is 1. The van der Waals surface area contributed by atoms with Gasteiger partial charge in [0, 0.05) is 12.2 Å². The molecule has 1 atom stereocenters. The summed E-state index contributed by atoms with van der Waals surface area (Å²) in [7, 11) is 0. The Morgan fingerprint density at radius 2 is 2.06 bits per heavy atom. The minimum absolute atomic E-state index is 0.0315. The van der Waals surface area contributed by atoms with Crippen LogP contribution in [0.3, 0.4) is 0 Å². The molecule has 2 rings (SSSR count). The maximum absolute atomic E-state index is 11.8. The number of carbonyl (C=O) groups excluding carboxylic acids is 1. The number of rotatable bonds is 1. The predicted molar refractivity (Wildman–Crippen MR) is 60.7 cm³/mol.